The summed E-state index contributed by atoms with van der Waals surface area (Å²) < 4.78 is 5.99. The fraction of sp³-hybridized carbons (Fsp3) is 0.727. The molecule has 6 atom stereocenters. The van der Waals surface area contributed by atoms with E-state index in [0.29, 0.717) is 23.2 Å². The lowest BCUT2D eigenvalue weighted by Gasteiger charge is -2.52. The number of hydrogen-bond acceptors (Lipinski definition) is 2. The van der Waals surface area contributed by atoms with Crippen molar-refractivity contribution in [2.45, 2.75) is 70.8 Å². The van der Waals surface area contributed by atoms with Crippen molar-refractivity contribution in [3.05, 3.63) is 29.3 Å². The van der Waals surface area contributed by atoms with Crippen molar-refractivity contribution in [3.8, 4) is 5.75 Å². The molecule has 1 aromatic carbocycles. The molecule has 1 N–H and O–H groups in total. The maximum atomic E-state index is 9.84. The fourth-order valence-electron chi connectivity index (χ4n) is 6.83. The predicted molar refractivity (Wildman–Crippen MR) is 97.3 cm³/mol. The molecule has 24 heavy (non-hydrogen) atoms. The van der Waals surface area contributed by atoms with Crippen molar-refractivity contribution in [2.75, 3.05) is 7.11 Å². The average molecular weight is 328 g/mol. The Bertz CT molecular complexity index is 610. The molecule has 3 aliphatic carbocycles. The van der Waals surface area contributed by atoms with E-state index < -0.39 is 0 Å². The monoisotopic (exact) mass is 328 g/mol. The number of benzene rings is 1. The van der Waals surface area contributed by atoms with Crippen LogP contribution in [0.25, 0.3) is 0 Å². The van der Waals surface area contributed by atoms with Crippen LogP contribution in [0.15, 0.2) is 18.2 Å². The highest BCUT2D eigenvalue weighted by atomic mass is 16.5. The molecule has 3 aliphatic rings. The summed E-state index contributed by atoms with van der Waals surface area (Å²) in [6, 6.07) is 6.11. The first-order chi connectivity index (χ1) is 11.6. The van der Waals surface area contributed by atoms with Crippen molar-refractivity contribution in [3.63, 3.8) is 0 Å². The van der Waals surface area contributed by atoms with E-state index in [1.54, 1.807) is 0 Å². The third-order valence-electron chi connectivity index (χ3n) is 7.71. The maximum Gasteiger partial charge on any atom is 0.115 e. The van der Waals surface area contributed by atoms with Gasteiger partial charge in [-0.3, -0.25) is 0 Å². The first-order valence-electron chi connectivity index (χ1n) is 9.93. The van der Waals surface area contributed by atoms with Crippen LogP contribution < -0.4 is 0 Å². The molecule has 2 fully saturated rings. The Balaban J connectivity index is 1.70. The summed E-state index contributed by atoms with van der Waals surface area (Å²) in [4.78, 5) is 0. The summed E-state index contributed by atoms with van der Waals surface area (Å²) in [6.45, 7) is 4.85. The highest BCUT2D eigenvalue weighted by molar-refractivity contribution is 5.40. The zero-order valence-electron chi connectivity index (χ0n) is 15.4. The normalized spacial score (nSPS) is 40.7. The lowest BCUT2D eigenvalue weighted by Crippen LogP contribution is -2.45. The lowest BCUT2D eigenvalue weighted by atomic mass is 9.53. The minimum Gasteiger partial charge on any atom is -0.508 e. The summed E-state index contributed by atoms with van der Waals surface area (Å²) in [6.07, 6.45) is 9.34. The number of methoxy groups -OCH3 is 1. The molecule has 0 spiro atoms. The third-order valence-corrected chi connectivity index (χ3v) is 7.71. The number of ether oxygens (including phenoxy) is 1. The van der Waals surface area contributed by atoms with Gasteiger partial charge >= 0.3 is 0 Å². The number of aryl methyl sites for hydroxylation is 1. The fourth-order valence-corrected chi connectivity index (χ4v) is 6.83. The Morgan fingerprint density at radius 2 is 2.12 bits per heavy atom. The molecule has 6 unspecified atom stereocenters. The van der Waals surface area contributed by atoms with E-state index in [0.717, 1.165) is 24.2 Å². The average Bonchev–Trinajstić information content (AvgIpc) is 2.86. The van der Waals surface area contributed by atoms with Crippen LogP contribution in [0.5, 0.6) is 5.75 Å². The molecule has 132 valence electrons. The van der Waals surface area contributed by atoms with E-state index in [1.165, 1.54) is 49.7 Å². The van der Waals surface area contributed by atoms with Gasteiger partial charge in [-0.2, -0.15) is 0 Å². The molecule has 0 saturated heterocycles. The largest absolute Gasteiger partial charge is 0.508 e. The number of aromatic hydroxyl groups is 1. The summed E-state index contributed by atoms with van der Waals surface area (Å²) in [5.41, 5.74) is 3.29. The lowest BCUT2D eigenvalue weighted by molar-refractivity contribution is -0.0493. The first-order valence-corrected chi connectivity index (χ1v) is 9.93. The highest BCUT2D eigenvalue weighted by Gasteiger charge is 2.58. The maximum absolute atomic E-state index is 9.84. The highest BCUT2D eigenvalue weighted by Crippen LogP contribution is 2.64. The van der Waals surface area contributed by atoms with Crippen LogP contribution in [0.1, 0.15) is 69.4 Å². The van der Waals surface area contributed by atoms with Gasteiger partial charge in [0.05, 0.1) is 6.10 Å². The molecule has 0 aromatic heterocycles. The number of phenolic OH excluding ortho intramolecular Hbond substituents is 1. The van der Waals surface area contributed by atoms with Crippen molar-refractivity contribution in [1.82, 2.24) is 0 Å². The van der Waals surface area contributed by atoms with Gasteiger partial charge in [0.1, 0.15) is 5.75 Å². The molecule has 2 nitrogen and oxygen atoms in total. The zero-order chi connectivity index (χ0) is 16.9. The van der Waals surface area contributed by atoms with Crippen LogP contribution in [0.4, 0.5) is 0 Å². The Morgan fingerprint density at radius 3 is 2.88 bits per heavy atom. The first kappa shape index (κ1) is 16.4. The van der Waals surface area contributed by atoms with Gasteiger partial charge in [-0.15, -0.1) is 0 Å². The molecule has 0 heterocycles. The molecule has 2 heteroatoms. The standard InChI is InChI=1S/C22H32O2/c1-4-5-15-13-20(24-3)22(2)11-10-18-17-9-7-16(23)12-14(17)6-8-19(18)21(15)22/h7,9,12,15,18-21,23H,4-6,8,10-11,13H2,1-3H3. The van der Waals surface area contributed by atoms with E-state index in [4.69, 9.17) is 4.74 Å². The topological polar surface area (TPSA) is 29.5 Å². The Hall–Kier alpha value is -1.02. The van der Waals surface area contributed by atoms with Gasteiger partial charge in [0.2, 0.25) is 0 Å². The van der Waals surface area contributed by atoms with Gasteiger partial charge < -0.3 is 9.84 Å². The summed E-state index contributed by atoms with van der Waals surface area (Å²) in [5.74, 6) is 3.57. The summed E-state index contributed by atoms with van der Waals surface area (Å²) in [5, 5.41) is 9.84. The Morgan fingerprint density at radius 1 is 1.29 bits per heavy atom. The van der Waals surface area contributed by atoms with E-state index in [2.05, 4.69) is 19.9 Å². The second kappa shape index (κ2) is 6.05. The van der Waals surface area contributed by atoms with Crippen LogP contribution in [0.3, 0.4) is 0 Å². The second-order valence-electron chi connectivity index (χ2n) is 8.77. The molecule has 0 radical (unpaired) electrons. The van der Waals surface area contributed by atoms with Crippen molar-refractivity contribution < 1.29 is 9.84 Å². The SMILES string of the molecule is CCCC1CC(OC)C2(C)CCC3c4ccc(O)cc4CCC3C12. The number of rotatable bonds is 3. The van der Waals surface area contributed by atoms with E-state index in [9.17, 15) is 5.11 Å². The van der Waals surface area contributed by atoms with Gasteiger partial charge in [-0.1, -0.05) is 32.8 Å². The van der Waals surface area contributed by atoms with Crippen LogP contribution in [0.2, 0.25) is 0 Å². The smallest absolute Gasteiger partial charge is 0.115 e. The summed E-state index contributed by atoms with van der Waals surface area (Å²) >= 11 is 0. The van der Waals surface area contributed by atoms with E-state index in [1.807, 2.05) is 19.2 Å². The quantitative estimate of drug-likeness (QED) is 0.817. The molecule has 0 bridgehead atoms. The van der Waals surface area contributed by atoms with Crippen LogP contribution in [0, 0.1) is 23.2 Å². The zero-order valence-corrected chi connectivity index (χ0v) is 15.4. The number of fused-ring (bicyclic) bond motifs is 5. The van der Waals surface area contributed by atoms with Gasteiger partial charge in [-0.25, -0.2) is 0 Å². The van der Waals surface area contributed by atoms with Gasteiger partial charge in [0.15, 0.2) is 0 Å². The Kier molecular flexibility index (Phi) is 4.15. The van der Waals surface area contributed by atoms with Gasteiger partial charge in [0.25, 0.3) is 0 Å². The van der Waals surface area contributed by atoms with E-state index in [-0.39, 0.29) is 0 Å². The third kappa shape index (κ3) is 2.33. The minimum atomic E-state index is 0.365. The molecule has 1 aromatic rings. The molecule has 4 rings (SSSR count). The minimum absolute atomic E-state index is 0.365. The van der Waals surface area contributed by atoms with Crippen molar-refractivity contribution in [1.29, 1.82) is 0 Å². The number of hydrogen-bond donors (Lipinski definition) is 1. The Labute approximate surface area is 146 Å². The van der Waals surface area contributed by atoms with Crippen molar-refractivity contribution >= 4 is 0 Å². The van der Waals surface area contributed by atoms with Crippen molar-refractivity contribution in [2.24, 2.45) is 23.2 Å². The van der Waals surface area contributed by atoms with Crippen LogP contribution in [-0.2, 0) is 11.2 Å². The van der Waals surface area contributed by atoms with Gasteiger partial charge in [0, 0.05) is 7.11 Å². The predicted octanol–water partition coefficient (Wildman–Crippen LogP) is 5.29. The van der Waals surface area contributed by atoms with E-state index >= 15 is 0 Å². The molecular weight excluding hydrogens is 296 g/mol. The molecular formula is C22H32O2. The summed E-state index contributed by atoms with van der Waals surface area (Å²) in [7, 11) is 1.92. The van der Waals surface area contributed by atoms with Crippen LogP contribution >= 0.6 is 0 Å². The molecule has 0 amide bonds. The molecule has 0 aliphatic heterocycles. The van der Waals surface area contributed by atoms with Crippen LogP contribution in [-0.4, -0.2) is 18.3 Å². The number of phenols is 1. The van der Waals surface area contributed by atoms with Gasteiger partial charge in [-0.05, 0) is 84.5 Å². The molecule has 2 saturated carbocycles. The second-order valence-corrected chi connectivity index (χ2v) is 8.77.